The number of hydrogen-bond acceptors (Lipinski definition) is 1. The highest BCUT2D eigenvalue weighted by atomic mass is 14.7. The third-order valence-corrected chi connectivity index (χ3v) is 0.873. The largest absolute Gasteiger partial charge is 0.253 e. The van der Waals surface area contributed by atoms with Crippen LogP contribution in [0.5, 0.6) is 0 Å². The molecule has 0 spiro atoms. The van der Waals surface area contributed by atoms with Gasteiger partial charge in [0.25, 0.3) is 0 Å². The van der Waals surface area contributed by atoms with Gasteiger partial charge in [-0.15, -0.1) is 5.73 Å². The number of allylic oxidation sites excluding steroid dienone is 3. The van der Waals surface area contributed by atoms with Gasteiger partial charge in [-0.2, -0.15) is 0 Å². The molecule has 0 fully saturated rings. The van der Waals surface area contributed by atoms with Gasteiger partial charge in [-0.05, 0) is 19.1 Å². The van der Waals surface area contributed by atoms with E-state index in [2.05, 4.69) is 10.7 Å². The fourth-order valence-electron chi connectivity index (χ4n) is 0.468. The van der Waals surface area contributed by atoms with Gasteiger partial charge < -0.3 is 0 Å². The Morgan fingerprint density at radius 1 is 1.40 bits per heavy atom. The molecule has 1 aliphatic rings. The van der Waals surface area contributed by atoms with E-state index in [1.165, 1.54) is 0 Å². The molecular weight excluding hydrogens is 122 g/mol. The van der Waals surface area contributed by atoms with Crippen molar-refractivity contribution in [3.8, 4) is 0 Å². The Bertz CT molecular complexity index is 191. The van der Waals surface area contributed by atoms with E-state index in [9.17, 15) is 0 Å². The Labute approximate surface area is 62.5 Å². The first-order valence-corrected chi connectivity index (χ1v) is 3.51. The molecule has 0 aromatic rings. The van der Waals surface area contributed by atoms with Crippen molar-refractivity contribution in [2.24, 2.45) is 4.99 Å². The molecule has 1 heterocycles. The van der Waals surface area contributed by atoms with E-state index in [4.69, 9.17) is 0 Å². The fourth-order valence-corrected chi connectivity index (χ4v) is 0.468. The second-order valence-electron chi connectivity index (χ2n) is 1.59. The summed E-state index contributed by atoms with van der Waals surface area (Å²) in [5.74, 6) is 0. The van der Waals surface area contributed by atoms with Gasteiger partial charge in [-0.25, -0.2) is 0 Å². The summed E-state index contributed by atoms with van der Waals surface area (Å²) >= 11 is 0. The number of aliphatic imine (C=N–C) groups is 1. The molecule has 54 valence electrons. The SMILES string of the molecule is CC.CC1=NC=C=CC=C1. The Morgan fingerprint density at radius 3 is 2.80 bits per heavy atom. The van der Waals surface area contributed by atoms with Crippen LogP contribution in [0.15, 0.2) is 35.2 Å². The zero-order valence-corrected chi connectivity index (χ0v) is 6.76. The molecule has 0 amide bonds. The Kier molecular flexibility index (Phi) is 5.41. The van der Waals surface area contributed by atoms with Gasteiger partial charge in [0.2, 0.25) is 0 Å². The lowest BCUT2D eigenvalue weighted by atomic mass is 10.4. The van der Waals surface area contributed by atoms with Crippen LogP contribution in [-0.4, -0.2) is 5.71 Å². The van der Waals surface area contributed by atoms with Gasteiger partial charge in [-0.3, -0.25) is 4.99 Å². The quantitative estimate of drug-likeness (QED) is 0.453. The Balaban J connectivity index is 0.000000371. The van der Waals surface area contributed by atoms with Gasteiger partial charge in [-0.1, -0.05) is 19.9 Å². The van der Waals surface area contributed by atoms with Gasteiger partial charge in [0.05, 0.1) is 6.20 Å². The molecule has 0 radical (unpaired) electrons. The average molecular weight is 135 g/mol. The van der Waals surface area contributed by atoms with Crippen LogP contribution in [0.2, 0.25) is 0 Å². The molecule has 0 saturated carbocycles. The average Bonchev–Trinajstić information content (AvgIpc) is 2.21. The van der Waals surface area contributed by atoms with Crippen LogP contribution in [-0.2, 0) is 0 Å². The van der Waals surface area contributed by atoms with E-state index in [1.54, 1.807) is 6.20 Å². The van der Waals surface area contributed by atoms with E-state index >= 15 is 0 Å². The van der Waals surface area contributed by atoms with E-state index < -0.39 is 0 Å². The van der Waals surface area contributed by atoms with Crippen LogP contribution < -0.4 is 0 Å². The van der Waals surface area contributed by atoms with Crippen molar-refractivity contribution in [3.05, 3.63) is 30.2 Å². The van der Waals surface area contributed by atoms with Crippen LogP contribution in [0.4, 0.5) is 0 Å². The van der Waals surface area contributed by atoms with Gasteiger partial charge in [0.15, 0.2) is 0 Å². The lowest BCUT2D eigenvalue weighted by molar-refractivity contribution is 1.50. The summed E-state index contributed by atoms with van der Waals surface area (Å²) in [6.45, 7) is 5.95. The smallest absolute Gasteiger partial charge is 0.0689 e. The molecule has 0 N–H and O–H groups in total. The normalized spacial score (nSPS) is 13.3. The molecule has 1 heteroatoms. The molecule has 10 heavy (non-hydrogen) atoms. The van der Waals surface area contributed by atoms with Crippen molar-refractivity contribution < 1.29 is 0 Å². The van der Waals surface area contributed by atoms with Gasteiger partial charge in [0.1, 0.15) is 0 Å². The maximum atomic E-state index is 3.99. The van der Waals surface area contributed by atoms with Crippen LogP contribution in [0, 0.1) is 0 Å². The third kappa shape index (κ3) is 3.88. The topological polar surface area (TPSA) is 12.4 Å². The number of hydrogen-bond donors (Lipinski definition) is 0. The third-order valence-electron chi connectivity index (χ3n) is 0.873. The number of nitrogens with zero attached hydrogens (tertiary/aromatic N) is 1. The van der Waals surface area contributed by atoms with Crippen molar-refractivity contribution in [2.75, 3.05) is 0 Å². The summed E-state index contributed by atoms with van der Waals surface area (Å²) in [6, 6.07) is 0. The molecule has 1 rings (SSSR count). The van der Waals surface area contributed by atoms with Crippen molar-refractivity contribution in [1.29, 1.82) is 0 Å². The molecule has 0 saturated heterocycles. The minimum Gasteiger partial charge on any atom is -0.253 e. The van der Waals surface area contributed by atoms with Gasteiger partial charge >= 0.3 is 0 Å². The minimum absolute atomic E-state index is 1.02. The fraction of sp³-hybridized carbons (Fsp3) is 0.333. The molecule has 0 unspecified atom stereocenters. The maximum Gasteiger partial charge on any atom is 0.0689 e. The summed E-state index contributed by atoms with van der Waals surface area (Å²) in [6.07, 6.45) is 7.36. The zero-order chi connectivity index (χ0) is 7.82. The second kappa shape index (κ2) is 6.06. The van der Waals surface area contributed by atoms with Crippen molar-refractivity contribution in [3.63, 3.8) is 0 Å². The first-order valence-electron chi connectivity index (χ1n) is 3.51. The molecular formula is C9H13N. The standard InChI is InChI=1S/C7H7N.C2H6/c1-7-5-3-2-4-6-8-7;1-2/h2-3,5-6H,1H3;1-2H3. The van der Waals surface area contributed by atoms with Crippen LogP contribution >= 0.6 is 0 Å². The van der Waals surface area contributed by atoms with E-state index in [0.717, 1.165) is 5.71 Å². The minimum atomic E-state index is 1.02. The van der Waals surface area contributed by atoms with Crippen LogP contribution in [0.3, 0.4) is 0 Å². The lowest BCUT2D eigenvalue weighted by Crippen LogP contribution is -1.78. The highest BCUT2D eigenvalue weighted by Gasteiger charge is 1.78. The van der Waals surface area contributed by atoms with Crippen molar-refractivity contribution in [1.82, 2.24) is 0 Å². The molecule has 0 aliphatic carbocycles. The molecule has 1 aliphatic heterocycles. The summed E-state index contributed by atoms with van der Waals surface area (Å²) in [7, 11) is 0. The summed E-state index contributed by atoms with van der Waals surface area (Å²) in [5.41, 5.74) is 3.87. The van der Waals surface area contributed by atoms with Crippen molar-refractivity contribution >= 4 is 5.71 Å². The maximum absolute atomic E-state index is 3.99. The second-order valence-corrected chi connectivity index (χ2v) is 1.59. The predicted molar refractivity (Wildman–Crippen MR) is 46.3 cm³/mol. The predicted octanol–water partition coefficient (Wildman–Crippen LogP) is 2.71. The molecule has 0 aromatic heterocycles. The summed E-state index contributed by atoms with van der Waals surface area (Å²) in [5, 5.41) is 0. The summed E-state index contributed by atoms with van der Waals surface area (Å²) in [4.78, 5) is 3.99. The first-order chi connectivity index (χ1) is 4.89. The highest BCUT2D eigenvalue weighted by Crippen LogP contribution is 1.87. The first kappa shape index (κ1) is 8.93. The van der Waals surface area contributed by atoms with Crippen molar-refractivity contribution in [2.45, 2.75) is 20.8 Å². The van der Waals surface area contributed by atoms with E-state index in [1.807, 2.05) is 39.0 Å². The molecule has 1 nitrogen and oxygen atoms in total. The highest BCUT2D eigenvalue weighted by molar-refractivity contribution is 5.93. The molecule has 0 aromatic carbocycles. The molecule has 0 bridgehead atoms. The zero-order valence-electron chi connectivity index (χ0n) is 6.76. The Hall–Kier alpha value is -1.07. The summed E-state index contributed by atoms with van der Waals surface area (Å²) < 4.78 is 0. The van der Waals surface area contributed by atoms with E-state index in [0.29, 0.717) is 0 Å². The van der Waals surface area contributed by atoms with Crippen LogP contribution in [0.25, 0.3) is 0 Å². The number of rotatable bonds is 0. The lowest BCUT2D eigenvalue weighted by Gasteiger charge is -1.79. The molecule has 0 atom stereocenters. The van der Waals surface area contributed by atoms with Gasteiger partial charge in [0, 0.05) is 5.71 Å². The Morgan fingerprint density at radius 2 is 2.10 bits per heavy atom. The van der Waals surface area contributed by atoms with E-state index in [-0.39, 0.29) is 0 Å². The monoisotopic (exact) mass is 135 g/mol. The van der Waals surface area contributed by atoms with Crippen LogP contribution in [0.1, 0.15) is 20.8 Å².